The molecule has 0 bridgehead atoms. The number of hydrogen-bond acceptors (Lipinski definition) is 5. The number of carbonyl (C=O) groups excluding carboxylic acids is 3. The summed E-state index contributed by atoms with van der Waals surface area (Å²) in [6.07, 6.45) is 2.02. The second kappa shape index (κ2) is 7.78. The van der Waals surface area contributed by atoms with Crippen molar-refractivity contribution < 1.29 is 19.1 Å². The first kappa shape index (κ1) is 17.2. The van der Waals surface area contributed by atoms with Crippen LogP contribution in [0.2, 0.25) is 0 Å². The number of nitrogens with two attached hydrogens (primary N) is 1. The van der Waals surface area contributed by atoms with Gasteiger partial charge in [0, 0.05) is 6.42 Å². The average Bonchev–Trinajstić information content (AvgIpc) is 2.73. The summed E-state index contributed by atoms with van der Waals surface area (Å²) in [5.41, 5.74) is 5.94. The fraction of sp³-hybridized carbons (Fsp3) is 0.500. The molecular formula is C14H20N2O4S. The normalized spacial score (nSPS) is 10.2. The monoisotopic (exact) mass is 312 g/mol. The minimum Gasteiger partial charge on any atom is -0.462 e. The Hall–Kier alpha value is -1.89. The first-order valence-corrected chi connectivity index (χ1v) is 7.64. The van der Waals surface area contributed by atoms with Crippen LogP contribution in [0, 0.1) is 6.92 Å². The van der Waals surface area contributed by atoms with Crippen molar-refractivity contribution in [3.8, 4) is 0 Å². The highest BCUT2D eigenvalue weighted by Crippen LogP contribution is 2.33. The second-order valence-electron chi connectivity index (χ2n) is 4.50. The van der Waals surface area contributed by atoms with E-state index in [1.54, 1.807) is 13.8 Å². The van der Waals surface area contributed by atoms with Gasteiger partial charge in [-0.05, 0) is 25.8 Å². The van der Waals surface area contributed by atoms with Crippen molar-refractivity contribution in [2.75, 3.05) is 11.9 Å². The van der Waals surface area contributed by atoms with Gasteiger partial charge in [-0.2, -0.15) is 0 Å². The third-order valence-electron chi connectivity index (χ3n) is 2.86. The van der Waals surface area contributed by atoms with Crippen molar-refractivity contribution >= 4 is 34.1 Å². The summed E-state index contributed by atoms with van der Waals surface area (Å²) in [5.74, 6) is -1.39. The highest BCUT2D eigenvalue weighted by Gasteiger charge is 2.25. The lowest BCUT2D eigenvalue weighted by atomic mass is 10.1. The number of esters is 1. The average molecular weight is 312 g/mol. The van der Waals surface area contributed by atoms with Crippen molar-refractivity contribution in [2.45, 2.75) is 40.0 Å². The summed E-state index contributed by atoms with van der Waals surface area (Å²) in [6.45, 7) is 5.50. The Morgan fingerprint density at radius 1 is 1.29 bits per heavy atom. The highest BCUT2D eigenvalue weighted by molar-refractivity contribution is 7.18. The van der Waals surface area contributed by atoms with Crippen LogP contribution < -0.4 is 11.1 Å². The Kier molecular flexibility index (Phi) is 6.36. The minimum absolute atomic E-state index is 0.195. The number of nitrogens with one attached hydrogen (secondary N) is 1. The van der Waals surface area contributed by atoms with Crippen molar-refractivity contribution in [2.24, 2.45) is 5.73 Å². The van der Waals surface area contributed by atoms with Crippen LogP contribution in [0.25, 0.3) is 0 Å². The second-order valence-corrected chi connectivity index (χ2v) is 5.52. The molecule has 0 spiro atoms. The number of thiophene rings is 1. The van der Waals surface area contributed by atoms with Gasteiger partial charge in [-0.25, -0.2) is 4.79 Å². The lowest BCUT2D eigenvalue weighted by Crippen LogP contribution is -2.14. The zero-order chi connectivity index (χ0) is 16.0. The molecule has 0 fully saturated rings. The zero-order valence-corrected chi connectivity index (χ0v) is 13.3. The van der Waals surface area contributed by atoms with E-state index in [0.29, 0.717) is 17.0 Å². The molecule has 0 aromatic carbocycles. The molecule has 0 aliphatic rings. The molecule has 1 aromatic rings. The van der Waals surface area contributed by atoms with Crippen LogP contribution in [0.15, 0.2) is 0 Å². The largest absolute Gasteiger partial charge is 0.462 e. The van der Waals surface area contributed by atoms with E-state index in [1.165, 1.54) is 0 Å². The standard InChI is InChI=1S/C14H20N2O4S/c1-4-6-7-9(17)16-13-10(14(19)20-5-2)8(3)11(21-13)12(15)18/h4-7H2,1-3H3,(H2,15,18)(H,16,17). The van der Waals surface area contributed by atoms with Crippen LogP contribution in [0.5, 0.6) is 0 Å². The number of amides is 2. The molecule has 0 radical (unpaired) electrons. The fourth-order valence-electron chi connectivity index (χ4n) is 1.81. The molecule has 0 atom stereocenters. The summed E-state index contributed by atoms with van der Waals surface area (Å²) < 4.78 is 4.97. The predicted molar refractivity (Wildman–Crippen MR) is 81.7 cm³/mol. The maximum atomic E-state index is 12.0. The molecular weight excluding hydrogens is 292 g/mol. The Morgan fingerprint density at radius 2 is 1.95 bits per heavy atom. The maximum Gasteiger partial charge on any atom is 0.341 e. The van der Waals surface area contributed by atoms with E-state index < -0.39 is 11.9 Å². The van der Waals surface area contributed by atoms with Crippen LogP contribution in [0.3, 0.4) is 0 Å². The van der Waals surface area contributed by atoms with E-state index >= 15 is 0 Å². The van der Waals surface area contributed by atoms with Gasteiger partial charge < -0.3 is 15.8 Å². The predicted octanol–water partition coefficient (Wildman–Crippen LogP) is 2.46. The molecule has 7 heteroatoms. The molecule has 6 nitrogen and oxygen atoms in total. The van der Waals surface area contributed by atoms with Crippen LogP contribution in [-0.4, -0.2) is 24.4 Å². The highest BCUT2D eigenvalue weighted by atomic mass is 32.1. The summed E-state index contributed by atoms with van der Waals surface area (Å²) >= 11 is 1.00. The Balaban J connectivity index is 3.11. The van der Waals surface area contributed by atoms with Gasteiger partial charge in [0.05, 0.1) is 17.0 Å². The zero-order valence-electron chi connectivity index (χ0n) is 12.4. The van der Waals surface area contributed by atoms with E-state index in [0.717, 1.165) is 24.2 Å². The van der Waals surface area contributed by atoms with E-state index in [1.807, 2.05) is 6.92 Å². The number of primary amides is 1. The van der Waals surface area contributed by atoms with Crippen LogP contribution >= 0.6 is 11.3 Å². The van der Waals surface area contributed by atoms with Crippen LogP contribution in [0.1, 0.15) is 58.7 Å². The first-order chi connectivity index (χ1) is 9.92. The molecule has 0 aliphatic carbocycles. The SMILES string of the molecule is CCCCC(=O)Nc1sc(C(N)=O)c(C)c1C(=O)OCC. The third-order valence-corrected chi connectivity index (χ3v) is 4.08. The molecule has 2 amide bonds. The lowest BCUT2D eigenvalue weighted by Gasteiger charge is -2.06. The van der Waals surface area contributed by atoms with E-state index in [2.05, 4.69) is 5.32 Å². The maximum absolute atomic E-state index is 12.0. The molecule has 0 saturated heterocycles. The Morgan fingerprint density at radius 3 is 2.48 bits per heavy atom. The van der Waals surface area contributed by atoms with Gasteiger partial charge in [0.25, 0.3) is 5.91 Å². The van der Waals surface area contributed by atoms with Gasteiger partial charge in [0.2, 0.25) is 5.91 Å². The van der Waals surface area contributed by atoms with Crippen LogP contribution in [-0.2, 0) is 9.53 Å². The molecule has 0 aliphatic heterocycles. The van der Waals surface area contributed by atoms with Crippen molar-refractivity contribution in [3.05, 3.63) is 16.0 Å². The molecule has 21 heavy (non-hydrogen) atoms. The van der Waals surface area contributed by atoms with Gasteiger partial charge in [0.1, 0.15) is 5.00 Å². The quantitative estimate of drug-likeness (QED) is 0.755. The molecule has 0 saturated carbocycles. The Bertz CT molecular complexity index is 551. The molecule has 1 rings (SSSR count). The van der Waals surface area contributed by atoms with Gasteiger partial charge in [-0.3, -0.25) is 9.59 Å². The van der Waals surface area contributed by atoms with Gasteiger partial charge in [-0.15, -0.1) is 11.3 Å². The topological polar surface area (TPSA) is 98.5 Å². The summed E-state index contributed by atoms with van der Waals surface area (Å²) in [5, 5.41) is 2.99. The lowest BCUT2D eigenvalue weighted by molar-refractivity contribution is -0.116. The summed E-state index contributed by atoms with van der Waals surface area (Å²) in [4.78, 5) is 35.5. The van der Waals surface area contributed by atoms with Gasteiger partial charge in [-0.1, -0.05) is 13.3 Å². The van der Waals surface area contributed by atoms with Gasteiger partial charge in [0.15, 0.2) is 0 Å². The molecule has 1 heterocycles. The smallest absolute Gasteiger partial charge is 0.341 e. The number of ether oxygens (including phenoxy) is 1. The molecule has 3 N–H and O–H groups in total. The van der Waals surface area contributed by atoms with E-state index in [4.69, 9.17) is 10.5 Å². The van der Waals surface area contributed by atoms with Crippen molar-refractivity contribution in [1.82, 2.24) is 0 Å². The first-order valence-electron chi connectivity index (χ1n) is 6.82. The molecule has 116 valence electrons. The molecule has 0 unspecified atom stereocenters. The van der Waals surface area contributed by atoms with Crippen molar-refractivity contribution in [1.29, 1.82) is 0 Å². The van der Waals surface area contributed by atoms with Crippen molar-refractivity contribution in [3.63, 3.8) is 0 Å². The van der Waals surface area contributed by atoms with E-state index in [-0.39, 0.29) is 23.0 Å². The summed E-state index contributed by atoms with van der Waals surface area (Å²) in [6, 6.07) is 0. The molecule has 1 aromatic heterocycles. The minimum atomic E-state index is -0.628. The summed E-state index contributed by atoms with van der Waals surface area (Å²) in [7, 11) is 0. The number of carbonyl (C=O) groups is 3. The number of hydrogen-bond donors (Lipinski definition) is 2. The number of rotatable bonds is 7. The fourth-order valence-corrected chi connectivity index (χ4v) is 2.88. The van der Waals surface area contributed by atoms with Crippen LogP contribution in [0.4, 0.5) is 5.00 Å². The Labute approximate surface area is 127 Å². The van der Waals surface area contributed by atoms with E-state index in [9.17, 15) is 14.4 Å². The third kappa shape index (κ3) is 4.29. The van der Waals surface area contributed by atoms with Gasteiger partial charge >= 0.3 is 5.97 Å². The number of anilines is 1. The number of unbranched alkanes of at least 4 members (excludes halogenated alkanes) is 1.